The molecule has 0 spiro atoms. The smallest absolute Gasteiger partial charge is 0.351 e. The van der Waals surface area contributed by atoms with Gasteiger partial charge in [-0.1, -0.05) is 23.3 Å². The number of ether oxygens (including phenoxy) is 1. The van der Waals surface area contributed by atoms with Crippen LogP contribution in [0.15, 0.2) is 47.8 Å². The molecule has 1 aliphatic rings. The van der Waals surface area contributed by atoms with Crippen molar-refractivity contribution in [3.63, 3.8) is 0 Å². The number of hydrogen-bond acceptors (Lipinski definition) is 5. The molecule has 164 valence electrons. The van der Waals surface area contributed by atoms with Crippen LogP contribution >= 0.6 is 0 Å². The molecule has 1 aliphatic carbocycles. The zero-order valence-corrected chi connectivity index (χ0v) is 18.1. The van der Waals surface area contributed by atoms with E-state index in [0.717, 1.165) is 32.1 Å². The number of carboxylic acid groups (broad SMARTS) is 2. The van der Waals surface area contributed by atoms with Crippen LogP contribution in [0.3, 0.4) is 0 Å². The molecular formula is C23H31NO6. The molecule has 2 rings (SSSR count). The van der Waals surface area contributed by atoms with Gasteiger partial charge in [0.15, 0.2) is 18.4 Å². The summed E-state index contributed by atoms with van der Waals surface area (Å²) < 4.78 is 6.06. The van der Waals surface area contributed by atoms with Gasteiger partial charge in [-0.15, -0.1) is 0 Å². The highest BCUT2D eigenvalue weighted by Gasteiger charge is 2.38. The van der Waals surface area contributed by atoms with E-state index in [4.69, 9.17) is 24.5 Å². The first-order valence-corrected chi connectivity index (χ1v) is 9.98. The van der Waals surface area contributed by atoms with E-state index in [1.165, 1.54) is 11.1 Å². The van der Waals surface area contributed by atoms with Crippen LogP contribution in [0.4, 0.5) is 0 Å². The second kappa shape index (κ2) is 11.9. The first kappa shape index (κ1) is 25.1. The third-order valence-electron chi connectivity index (χ3n) is 5.14. The maximum atomic E-state index is 12.6. The lowest BCUT2D eigenvalue weighted by molar-refractivity contribution is -0.378. The SMILES string of the molecule is CC(C)=CCCC(C)(OC(=O)c1ccc[nH+]c1)C1CC=C(C)CC1.O=C([O-])C(=O)O. The molecule has 0 fully saturated rings. The number of hydrogen-bond donors (Lipinski definition) is 1. The standard InChI is InChI=1S/C21H29NO2.C2H2O4/c1-16(2)7-5-13-21(4,19-11-9-17(3)10-12-19)24-20(23)18-8-6-14-22-15-18;3-1(4)2(5)6/h6-9,14-15,19H,5,10-13H2,1-4H3;(H,3,4)(H,5,6). The molecule has 7 nitrogen and oxygen atoms in total. The number of rotatable bonds is 6. The van der Waals surface area contributed by atoms with E-state index < -0.39 is 17.5 Å². The fourth-order valence-corrected chi connectivity index (χ4v) is 3.30. The zero-order valence-electron chi connectivity index (χ0n) is 18.1. The van der Waals surface area contributed by atoms with E-state index in [-0.39, 0.29) is 5.97 Å². The molecule has 30 heavy (non-hydrogen) atoms. The van der Waals surface area contributed by atoms with Crippen molar-refractivity contribution in [1.29, 1.82) is 0 Å². The van der Waals surface area contributed by atoms with Crippen molar-refractivity contribution < 1.29 is 34.3 Å². The topological polar surface area (TPSA) is 118 Å². The van der Waals surface area contributed by atoms with Gasteiger partial charge >= 0.3 is 11.9 Å². The van der Waals surface area contributed by atoms with Gasteiger partial charge in [-0.25, -0.2) is 14.6 Å². The predicted octanol–water partition coefficient (Wildman–Crippen LogP) is 2.73. The Hall–Kier alpha value is -2.96. The maximum absolute atomic E-state index is 12.6. The number of aromatic amines is 1. The molecule has 1 aromatic heterocycles. The van der Waals surface area contributed by atoms with Gasteiger partial charge in [-0.05, 0) is 65.9 Å². The van der Waals surface area contributed by atoms with Crippen LogP contribution in [-0.4, -0.2) is 28.6 Å². The van der Waals surface area contributed by atoms with Gasteiger partial charge in [-0.2, -0.15) is 0 Å². The van der Waals surface area contributed by atoms with Crippen LogP contribution < -0.4 is 10.1 Å². The summed E-state index contributed by atoms with van der Waals surface area (Å²) in [6.45, 7) is 8.50. The molecule has 0 radical (unpaired) electrons. The Labute approximate surface area is 177 Å². The van der Waals surface area contributed by atoms with Crippen molar-refractivity contribution in [3.8, 4) is 0 Å². The number of allylic oxidation sites excluding steroid dienone is 4. The molecule has 0 saturated carbocycles. The number of aliphatic carboxylic acids is 2. The average molecular weight is 418 g/mol. The Morgan fingerprint density at radius 2 is 2.03 bits per heavy atom. The number of nitrogens with one attached hydrogen (secondary N) is 1. The lowest BCUT2D eigenvalue weighted by atomic mass is 9.76. The highest BCUT2D eigenvalue weighted by molar-refractivity contribution is 6.26. The minimum absolute atomic E-state index is 0.238. The van der Waals surface area contributed by atoms with Gasteiger partial charge in [0.25, 0.3) is 0 Å². The first-order chi connectivity index (χ1) is 14.0. The third kappa shape index (κ3) is 8.59. The number of esters is 1. The van der Waals surface area contributed by atoms with E-state index in [0.29, 0.717) is 11.5 Å². The number of carboxylic acids is 2. The number of aromatic nitrogens is 1. The fourth-order valence-electron chi connectivity index (χ4n) is 3.30. The van der Waals surface area contributed by atoms with Crippen molar-refractivity contribution in [2.45, 2.75) is 65.4 Å². The normalized spacial score (nSPS) is 17.3. The van der Waals surface area contributed by atoms with Crippen molar-refractivity contribution in [2.75, 3.05) is 0 Å². The molecule has 2 N–H and O–H groups in total. The summed E-state index contributed by atoms with van der Waals surface area (Å²) in [6, 6.07) is 3.62. The lowest BCUT2D eigenvalue weighted by Gasteiger charge is -2.38. The van der Waals surface area contributed by atoms with E-state index >= 15 is 0 Å². The first-order valence-electron chi connectivity index (χ1n) is 9.98. The van der Waals surface area contributed by atoms with Gasteiger partial charge in [0.05, 0.1) is 0 Å². The van der Waals surface area contributed by atoms with E-state index in [9.17, 15) is 4.79 Å². The van der Waals surface area contributed by atoms with Crippen LogP contribution in [0, 0.1) is 5.92 Å². The van der Waals surface area contributed by atoms with Crippen LogP contribution in [0.25, 0.3) is 0 Å². The number of pyridine rings is 1. The Balaban J connectivity index is 0.000000656. The van der Waals surface area contributed by atoms with Crippen molar-refractivity contribution in [3.05, 3.63) is 53.4 Å². The van der Waals surface area contributed by atoms with Gasteiger partial charge in [0, 0.05) is 12.0 Å². The second-order valence-corrected chi connectivity index (χ2v) is 7.93. The van der Waals surface area contributed by atoms with Crippen LogP contribution in [0.5, 0.6) is 0 Å². The summed E-state index contributed by atoms with van der Waals surface area (Å²) in [6.07, 6.45) is 13.0. The van der Waals surface area contributed by atoms with Crippen molar-refractivity contribution in [2.24, 2.45) is 5.92 Å². The number of carbonyl (C=O) groups excluding carboxylic acids is 2. The van der Waals surface area contributed by atoms with Gasteiger partial charge in [0.2, 0.25) is 0 Å². The van der Waals surface area contributed by atoms with Gasteiger partial charge in [-0.3, -0.25) is 0 Å². The average Bonchev–Trinajstić information content (AvgIpc) is 2.69. The number of carbonyl (C=O) groups is 3. The van der Waals surface area contributed by atoms with Crippen LogP contribution in [0.2, 0.25) is 0 Å². The van der Waals surface area contributed by atoms with E-state index in [2.05, 4.69) is 44.8 Å². The molecule has 7 heteroatoms. The second-order valence-electron chi connectivity index (χ2n) is 7.93. The molecule has 0 saturated heterocycles. The summed E-state index contributed by atoms with van der Waals surface area (Å²) in [4.78, 5) is 33.6. The monoisotopic (exact) mass is 417 g/mol. The molecule has 1 heterocycles. The quantitative estimate of drug-likeness (QED) is 0.432. The molecule has 2 unspecified atom stereocenters. The molecule has 2 atom stereocenters. The predicted molar refractivity (Wildman–Crippen MR) is 109 cm³/mol. The maximum Gasteiger partial charge on any atom is 0.351 e. The minimum Gasteiger partial charge on any atom is -0.539 e. The van der Waals surface area contributed by atoms with Crippen molar-refractivity contribution in [1.82, 2.24) is 0 Å². The Morgan fingerprint density at radius 3 is 2.50 bits per heavy atom. The largest absolute Gasteiger partial charge is 0.539 e. The van der Waals surface area contributed by atoms with E-state index in [1.54, 1.807) is 18.5 Å². The van der Waals surface area contributed by atoms with Crippen molar-refractivity contribution >= 4 is 17.9 Å². The summed E-state index contributed by atoms with van der Waals surface area (Å²) in [5, 5.41) is 16.3. The highest BCUT2D eigenvalue weighted by Crippen LogP contribution is 2.38. The Bertz CT molecular complexity index is 783. The Morgan fingerprint density at radius 1 is 1.37 bits per heavy atom. The number of H-pyrrole nitrogens is 1. The fraction of sp³-hybridized carbons (Fsp3) is 0.478. The van der Waals surface area contributed by atoms with Crippen LogP contribution in [0.1, 0.15) is 70.2 Å². The summed E-state index contributed by atoms with van der Waals surface area (Å²) in [5.41, 5.74) is 2.90. The molecule has 1 aromatic rings. The third-order valence-corrected chi connectivity index (χ3v) is 5.14. The zero-order chi connectivity index (χ0) is 22.7. The summed E-state index contributed by atoms with van der Waals surface area (Å²) >= 11 is 0. The minimum atomic E-state index is -2.07. The Kier molecular flexibility index (Phi) is 9.95. The summed E-state index contributed by atoms with van der Waals surface area (Å²) in [5.74, 6) is -3.87. The lowest BCUT2D eigenvalue weighted by Crippen LogP contribution is -2.40. The molecule has 0 aliphatic heterocycles. The van der Waals surface area contributed by atoms with Gasteiger partial charge < -0.3 is 19.7 Å². The summed E-state index contributed by atoms with van der Waals surface area (Å²) in [7, 11) is 0. The highest BCUT2D eigenvalue weighted by atomic mass is 16.6. The molecular weight excluding hydrogens is 386 g/mol. The molecule has 0 aromatic carbocycles. The van der Waals surface area contributed by atoms with Gasteiger partial charge in [0.1, 0.15) is 11.2 Å². The van der Waals surface area contributed by atoms with Crippen LogP contribution in [-0.2, 0) is 14.3 Å². The molecule has 0 amide bonds. The molecule has 0 bridgehead atoms. The van der Waals surface area contributed by atoms with E-state index in [1.807, 2.05) is 6.07 Å².